The molecule has 0 aliphatic heterocycles. The first-order valence-corrected chi connectivity index (χ1v) is 4.51. The monoisotopic (exact) mass is 224 g/mol. The first-order chi connectivity index (χ1) is 6.39. The predicted molar refractivity (Wildman–Crippen MR) is 44.6 cm³/mol. The highest BCUT2D eigenvalue weighted by molar-refractivity contribution is 7.11. The van der Waals surface area contributed by atoms with Crippen molar-refractivity contribution in [1.82, 2.24) is 4.98 Å². The van der Waals surface area contributed by atoms with E-state index in [2.05, 4.69) is 4.98 Å². The Hall–Kier alpha value is -1.11. The van der Waals surface area contributed by atoms with E-state index in [9.17, 15) is 18.0 Å². The highest BCUT2D eigenvalue weighted by Crippen LogP contribution is 2.33. The minimum absolute atomic E-state index is 0.0187. The molecule has 0 atom stereocenters. The maximum atomic E-state index is 12.1. The molecule has 0 saturated carbocycles. The van der Waals surface area contributed by atoms with E-state index in [-0.39, 0.29) is 17.8 Å². The molecule has 1 aromatic rings. The van der Waals surface area contributed by atoms with E-state index in [4.69, 9.17) is 5.73 Å². The Morgan fingerprint density at radius 3 is 2.64 bits per heavy atom. The Bertz CT molecular complexity index is 334. The third-order valence-electron chi connectivity index (χ3n) is 1.42. The van der Waals surface area contributed by atoms with Gasteiger partial charge in [-0.1, -0.05) is 0 Å². The van der Waals surface area contributed by atoms with Gasteiger partial charge in [0.25, 0.3) is 0 Å². The van der Waals surface area contributed by atoms with Crippen LogP contribution in [0.5, 0.6) is 0 Å². The molecular weight excluding hydrogens is 217 g/mol. The molecule has 0 saturated heterocycles. The van der Waals surface area contributed by atoms with Crippen LogP contribution in [0.25, 0.3) is 0 Å². The van der Waals surface area contributed by atoms with Crippen LogP contribution < -0.4 is 5.73 Å². The van der Waals surface area contributed by atoms with Crippen LogP contribution in [0.3, 0.4) is 0 Å². The van der Waals surface area contributed by atoms with E-state index in [0.717, 1.165) is 6.20 Å². The Balaban J connectivity index is 2.64. The number of carbonyl (C=O) groups excluding carboxylic acids is 1. The molecule has 0 fully saturated rings. The summed E-state index contributed by atoms with van der Waals surface area (Å²) in [7, 11) is 0. The Morgan fingerprint density at radius 1 is 1.57 bits per heavy atom. The minimum atomic E-state index is -4.36. The number of hydrogen-bond acceptors (Lipinski definition) is 3. The molecule has 14 heavy (non-hydrogen) atoms. The van der Waals surface area contributed by atoms with Crippen molar-refractivity contribution in [2.24, 2.45) is 5.73 Å². The SMILES string of the molecule is NC(=O)CCc1ncc(C(F)(F)F)s1. The number of rotatable bonds is 3. The van der Waals surface area contributed by atoms with Gasteiger partial charge in [0.2, 0.25) is 5.91 Å². The van der Waals surface area contributed by atoms with E-state index in [1.54, 1.807) is 0 Å². The van der Waals surface area contributed by atoms with Gasteiger partial charge in [0.1, 0.15) is 4.88 Å². The third kappa shape index (κ3) is 2.99. The first kappa shape index (κ1) is 11.0. The molecule has 0 spiro atoms. The van der Waals surface area contributed by atoms with Gasteiger partial charge in [-0.15, -0.1) is 11.3 Å². The number of aromatic nitrogens is 1. The molecule has 78 valence electrons. The van der Waals surface area contributed by atoms with Crippen LogP contribution in [0.1, 0.15) is 16.3 Å². The smallest absolute Gasteiger partial charge is 0.370 e. The van der Waals surface area contributed by atoms with Gasteiger partial charge in [0, 0.05) is 12.8 Å². The Morgan fingerprint density at radius 2 is 2.21 bits per heavy atom. The van der Waals surface area contributed by atoms with Crippen molar-refractivity contribution < 1.29 is 18.0 Å². The lowest BCUT2D eigenvalue weighted by Gasteiger charge is -1.99. The highest BCUT2D eigenvalue weighted by atomic mass is 32.1. The van der Waals surface area contributed by atoms with Crippen LogP contribution in [0.2, 0.25) is 0 Å². The van der Waals surface area contributed by atoms with Crippen molar-refractivity contribution in [3.8, 4) is 0 Å². The Labute approximate surface area is 81.7 Å². The molecule has 7 heteroatoms. The minimum Gasteiger partial charge on any atom is -0.370 e. The van der Waals surface area contributed by atoms with Crippen LogP contribution in [-0.4, -0.2) is 10.9 Å². The summed E-state index contributed by atoms with van der Waals surface area (Å²) in [6.45, 7) is 0. The van der Waals surface area contributed by atoms with Crippen molar-refractivity contribution in [1.29, 1.82) is 0 Å². The molecule has 0 bridgehead atoms. The molecule has 1 amide bonds. The zero-order valence-corrected chi connectivity index (χ0v) is 7.78. The summed E-state index contributed by atoms with van der Waals surface area (Å²) in [5, 5.41) is 0.274. The van der Waals surface area contributed by atoms with Crippen molar-refractivity contribution >= 4 is 17.2 Å². The van der Waals surface area contributed by atoms with Crippen LogP contribution in [0.4, 0.5) is 13.2 Å². The fraction of sp³-hybridized carbons (Fsp3) is 0.429. The van der Waals surface area contributed by atoms with Crippen LogP contribution in [-0.2, 0) is 17.4 Å². The van der Waals surface area contributed by atoms with Gasteiger partial charge >= 0.3 is 6.18 Å². The molecule has 0 aliphatic rings. The van der Waals surface area contributed by atoms with Gasteiger partial charge < -0.3 is 5.73 Å². The lowest BCUT2D eigenvalue weighted by atomic mass is 10.3. The van der Waals surface area contributed by atoms with Crippen molar-refractivity contribution in [2.45, 2.75) is 19.0 Å². The second-order valence-corrected chi connectivity index (χ2v) is 3.70. The standard InChI is InChI=1S/C7H7F3N2OS/c8-7(9,10)4-3-12-6(14-4)2-1-5(11)13/h3H,1-2H2,(H2,11,13). The molecule has 1 rings (SSSR count). The van der Waals surface area contributed by atoms with Crippen molar-refractivity contribution in [3.05, 3.63) is 16.1 Å². The topological polar surface area (TPSA) is 56.0 Å². The van der Waals surface area contributed by atoms with E-state index in [1.165, 1.54) is 0 Å². The van der Waals surface area contributed by atoms with Crippen molar-refractivity contribution in [3.63, 3.8) is 0 Å². The number of thiazole rings is 1. The molecule has 0 radical (unpaired) electrons. The molecule has 0 aromatic carbocycles. The number of amides is 1. The summed E-state index contributed by atoms with van der Waals surface area (Å²) < 4.78 is 36.2. The van der Waals surface area contributed by atoms with Gasteiger partial charge in [-0.25, -0.2) is 4.98 Å². The second-order valence-electron chi connectivity index (χ2n) is 2.58. The Kier molecular flexibility index (Phi) is 3.10. The molecule has 0 aliphatic carbocycles. The van der Waals surface area contributed by atoms with Crippen LogP contribution in [0, 0.1) is 0 Å². The number of aryl methyl sites for hydroxylation is 1. The van der Waals surface area contributed by atoms with Gasteiger partial charge in [0.05, 0.1) is 11.2 Å². The average molecular weight is 224 g/mol. The summed E-state index contributed by atoms with van der Waals surface area (Å²) >= 11 is 0.538. The van der Waals surface area contributed by atoms with Gasteiger partial charge in [-0.3, -0.25) is 4.79 Å². The van der Waals surface area contributed by atoms with Crippen LogP contribution in [0.15, 0.2) is 6.20 Å². The van der Waals surface area contributed by atoms with Crippen LogP contribution >= 0.6 is 11.3 Å². The summed E-state index contributed by atoms with van der Waals surface area (Å²) in [6, 6.07) is 0. The average Bonchev–Trinajstić information content (AvgIpc) is 2.47. The fourth-order valence-corrected chi connectivity index (χ4v) is 1.57. The zero-order valence-electron chi connectivity index (χ0n) is 6.97. The molecule has 3 nitrogen and oxygen atoms in total. The van der Waals surface area contributed by atoms with Gasteiger partial charge in [-0.2, -0.15) is 13.2 Å². The highest BCUT2D eigenvalue weighted by Gasteiger charge is 2.33. The largest absolute Gasteiger partial charge is 0.427 e. The van der Waals surface area contributed by atoms with E-state index < -0.39 is 17.0 Å². The normalized spacial score (nSPS) is 11.6. The van der Waals surface area contributed by atoms with Crippen molar-refractivity contribution in [2.75, 3.05) is 0 Å². The van der Waals surface area contributed by atoms with E-state index in [0.29, 0.717) is 11.3 Å². The summed E-state index contributed by atoms with van der Waals surface area (Å²) in [5.74, 6) is -0.547. The van der Waals surface area contributed by atoms with E-state index in [1.807, 2.05) is 0 Å². The second kappa shape index (κ2) is 3.95. The number of alkyl halides is 3. The number of halogens is 3. The summed E-state index contributed by atoms with van der Waals surface area (Å²) in [4.78, 5) is 13.1. The summed E-state index contributed by atoms with van der Waals surface area (Å²) in [6.07, 6.45) is -3.41. The lowest BCUT2D eigenvalue weighted by molar-refractivity contribution is -0.134. The predicted octanol–water partition coefficient (Wildman–Crippen LogP) is 1.58. The zero-order chi connectivity index (χ0) is 10.8. The lowest BCUT2D eigenvalue weighted by Crippen LogP contribution is -2.10. The molecule has 2 N–H and O–H groups in total. The third-order valence-corrected chi connectivity index (χ3v) is 2.52. The molecule has 1 heterocycles. The first-order valence-electron chi connectivity index (χ1n) is 3.70. The fourth-order valence-electron chi connectivity index (χ4n) is 0.787. The maximum absolute atomic E-state index is 12.1. The number of carbonyl (C=O) groups is 1. The van der Waals surface area contributed by atoms with E-state index >= 15 is 0 Å². The summed E-state index contributed by atoms with van der Waals surface area (Å²) in [5.41, 5.74) is 4.85. The molecular formula is C7H7F3N2OS. The van der Waals surface area contributed by atoms with Gasteiger partial charge in [-0.05, 0) is 0 Å². The number of hydrogen-bond donors (Lipinski definition) is 1. The maximum Gasteiger partial charge on any atom is 0.427 e. The molecule has 0 unspecified atom stereocenters. The quantitative estimate of drug-likeness (QED) is 0.847. The number of nitrogens with two attached hydrogens (primary N) is 1. The molecule has 1 aromatic heterocycles. The van der Waals surface area contributed by atoms with Gasteiger partial charge in [0.15, 0.2) is 0 Å². The number of nitrogens with zero attached hydrogens (tertiary/aromatic N) is 1. The number of primary amides is 1.